The molecule has 0 atom stereocenters. The van der Waals surface area contributed by atoms with Gasteiger partial charge in [-0.2, -0.15) is 0 Å². The topological polar surface area (TPSA) is 88.2 Å². The van der Waals surface area contributed by atoms with E-state index in [2.05, 4.69) is 10.3 Å². The van der Waals surface area contributed by atoms with Gasteiger partial charge in [0.2, 0.25) is 0 Å². The van der Waals surface area contributed by atoms with Crippen LogP contribution in [-0.4, -0.2) is 28.1 Å². The summed E-state index contributed by atoms with van der Waals surface area (Å²) in [5.41, 5.74) is 5.48. The van der Waals surface area contributed by atoms with E-state index in [1.165, 1.54) is 12.3 Å². The van der Waals surface area contributed by atoms with Gasteiger partial charge in [0.05, 0.1) is 5.54 Å². The van der Waals surface area contributed by atoms with Crippen molar-refractivity contribution in [1.29, 1.82) is 0 Å². The molecule has 0 unspecified atom stereocenters. The Morgan fingerprint density at radius 1 is 1.53 bits per heavy atom. The van der Waals surface area contributed by atoms with Gasteiger partial charge in [-0.05, 0) is 25.0 Å². The zero-order chi connectivity index (χ0) is 12.3. The second-order valence-corrected chi connectivity index (χ2v) is 4.52. The monoisotopic (exact) mass is 235 g/mol. The number of amides is 1. The maximum atomic E-state index is 12.0. The lowest BCUT2D eigenvalue weighted by molar-refractivity contribution is 0.0895. The van der Waals surface area contributed by atoms with E-state index in [1.807, 2.05) is 0 Å². The van der Waals surface area contributed by atoms with Crippen molar-refractivity contribution in [3.63, 3.8) is 0 Å². The molecule has 0 spiro atoms. The van der Waals surface area contributed by atoms with Crippen LogP contribution in [0.2, 0.25) is 0 Å². The van der Waals surface area contributed by atoms with Gasteiger partial charge < -0.3 is 16.2 Å². The van der Waals surface area contributed by atoms with Gasteiger partial charge in [0.15, 0.2) is 5.69 Å². The fourth-order valence-corrected chi connectivity index (χ4v) is 2.30. The predicted molar refractivity (Wildman–Crippen MR) is 63.6 cm³/mol. The third-order valence-corrected chi connectivity index (χ3v) is 3.33. The van der Waals surface area contributed by atoms with Crippen molar-refractivity contribution >= 4 is 5.91 Å². The summed E-state index contributed by atoms with van der Waals surface area (Å²) in [6.45, 7) is 0.423. The lowest BCUT2D eigenvalue weighted by atomic mass is 9.97. The summed E-state index contributed by atoms with van der Waals surface area (Å²) in [4.78, 5) is 15.9. The normalized spacial score (nSPS) is 17.9. The number of rotatable bonds is 3. The minimum atomic E-state index is -0.351. The van der Waals surface area contributed by atoms with Gasteiger partial charge in [-0.3, -0.25) is 4.79 Å². The van der Waals surface area contributed by atoms with E-state index in [-0.39, 0.29) is 22.9 Å². The molecule has 17 heavy (non-hydrogen) atoms. The quantitative estimate of drug-likeness (QED) is 0.722. The molecule has 1 heterocycles. The first-order valence-corrected chi connectivity index (χ1v) is 5.83. The molecule has 2 rings (SSSR count). The fraction of sp³-hybridized carbons (Fsp3) is 0.500. The number of nitrogens with zero attached hydrogens (tertiary/aromatic N) is 1. The Labute approximate surface area is 100 Å². The Hall–Kier alpha value is -1.62. The maximum absolute atomic E-state index is 12.0. The Bertz CT molecular complexity index is 414. The number of carbonyl (C=O) groups is 1. The molecular weight excluding hydrogens is 218 g/mol. The highest BCUT2D eigenvalue weighted by atomic mass is 16.3. The third kappa shape index (κ3) is 2.39. The van der Waals surface area contributed by atoms with Crippen molar-refractivity contribution in [2.45, 2.75) is 31.2 Å². The summed E-state index contributed by atoms with van der Waals surface area (Å²) in [5, 5.41) is 12.5. The second-order valence-electron chi connectivity index (χ2n) is 4.52. The molecule has 5 nitrogen and oxygen atoms in total. The SMILES string of the molecule is NCC1(NC(=O)c2ncccc2O)CCCC1. The Morgan fingerprint density at radius 2 is 2.24 bits per heavy atom. The summed E-state index contributed by atoms with van der Waals surface area (Å²) < 4.78 is 0. The molecular formula is C12H17N3O2. The first-order valence-electron chi connectivity index (χ1n) is 5.83. The van der Waals surface area contributed by atoms with E-state index in [0.717, 1.165) is 25.7 Å². The van der Waals surface area contributed by atoms with Gasteiger partial charge in [0.25, 0.3) is 5.91 Å². The van der Waals surface area contributed by atoms with Crippen molar-refractivity contribution < 1.29 is 9.90 Å². The van der Waals surface area contributed by atoms with Crippen LogP contribution in [0.4, 0.5) is 0 Å². The van der Waals surface area contributed by atoms with Crippen molar-refractivity contribution in [2.24, 2.45) is 5.73 Å². The molecule has 1 amide bonds. The molecule has 1 aliphatic carbocycles. The standard InChI is InChI=1S/C12H17N3O2/c13-8-12(5-1-2-6-12)15-11(17)10-9(16)4-3-7-14-10/h3-4,7,16H,1-2,5-6,8,13H2,(H,15,17). The largest absolute Gasteiger partial charge is 0.505 e. The van der Waals surface area contributed by atoms with Crippen LogP contribution in [0, 0.1) is 0 Å². The molecule has 1 fully saturated rings. The molecule has 1 aromatic rings. The zero-order valence-electron chi connectivity index (χ0n) is 9.65. The van der Waals surface area contributed by atoms with Crippen LogP contribution in [0.5, 0.6) is 5.75 Å². The average molecular weight is 235 g/mol. The van der Waals surface area contributed by atoms with Crippen LogP contribution in [0.1, 0.15) is 36.2 Å². The highest BCUT2D eigenvalue weighted by molar-refractivity contribution is 5.95. The number of hydrogen-bond donors (Lipinski definition) is 3. The summed E-state index contributed by atoms with van der Waals surface area (Å²) in [6, 6.07) is 3.03. The smallest absolute Gasteiger partial charge is 0.274 e. The number of aromatic nitrogens is 1. The van der Waals surface area contributed by atoms with Gasteiger partial charge in [0.1, 0.15) is 5.75 Å². The summed E-state index contributed by atoms with van der Waals surface area (Å²) in [6.07, 6.45) is 5.42. The van der Waals surface area contributed by atoms with Gasteiger partial charge in [-0.15, -0.1) is 0 Å². The van der Waals surface area contributed by atoms with E-state index in [1.54, 1.807) is 6.07 Å². The average Bonchev–Trinajstić information content (AvgIpc) is 2.79. The van der Waals surface area contributed by atoms with E-state index < -0.39 is 0 Å². The molecule has 92 valence electrons. The van der Waals surface area contributed by atoms with Gasteiger partial charge in [-0.25, -0.2) is 4.98 Å². The third-order valence-electron chi connectivity index (χ3n) is 3.33. The van der Waals surface area contributed by atoms with Gasteiger partial charge in [-0.1, -0.05) is 12.8 Å². The Morgan fingerprint density at radius 3 is 2.82 bits per heavy atom. The number of carbonyl (C=O) groups excluding carboxylic acids is 1. The number of pyridine rings is 1. The van der Waals surface area contributed by atoms with Crippen molar-refractivity contribution in [3.8, 4) is 5.75 Å². The molecule has 1 aromatic heterocycles. The zero-order valence-corrected chi connectivity index (χ0v) is 9.65. The molecule has 0 aromatic carbocycles. The number of aromatic hydroxyl groups is 1. The Balaban J connectivity index is 2.14. The highest BCUT2D eigenvalue weighted by Gasteiger charge is 2.34. The summed E-state index contributed by atoms with van der Waals surface area (Å²) in [7, 11) is 0. The fourth-order valence-electron chi connectivity index (χ4n) is 2.30. The van der Waals surface area contributed by atoms with Crippen LogP contribution in [0.25, 0.3) is 0 Å². The molecule has 1 aliphatic rings. The van der Waals surface area contributed by atoms with E-state index in [9.17, 15) is 9.90 Å². The van der Waals surface area contributed by atoms with Crippen molar-refractivity contribution in [2.75, 3.05) is 6.54 Å². The molecule has 4 N–H and O–H groups in total. The maximum Gasteiger partial charge on any atom is 0.274 e. The number of nitrogens with two attached hydrogens (primary N) is 1. The summed E-state index contributed by atoms with van der Waals surface area (Å²) in [5.74, 6) is -0.453. The van der Waals surface area contributed by atoms with Crippen molar-refractivity contribution in [3.05, 3.63) is 24.0 Å². The molecule has 0 aliphatic heterocycles. The molecule has 0 bridgehead atoms. The Kier molecular flexibility index (Phi) is 3.28. The minimum Gasteiger partial charge on any atom is -0.505 e. The van der Waals surface area contributed by atoms with E-state index >= 15 is 0 Å². The highest BCUT2D eigenvalue weighted by Crippen LogP contribution is 2.29. The van der Waals surface area contributed by atoms with Crippen LogP contribution in [-0.2, 0) is 0 Å². The molecule has 0 saturated heterocycles. The predicted octanol–water partition coefficient (Wildman–Crippen LogP) is 0.788. The van der Waals surface area contributed by atoms with Gasteiger partial charge >= 0.3 is 0 Å². The van der Waals surface area contributed by atoms with E-state index in [0.29, 0.717) is 6.54 Å². The molecule has 5 heteroatoms. The van der Waals surface area contributed by atoms with Crippen LogP contribution in [0.15, 0.2) is 18.3 Å². The summed E-state index contributed by atoms with van der Waals surface area (Å²) >= 11 is 0. The van der Waals surface area contributed by atoms with Gasteiger partial charge in [0, 0.05) is 12.7 Å². The van der Waals surface area contributed by atoms with Crippen molar-refractivity contribution in [1.82, 2.24) is 10.3 Å². The molecule has 1 saturated carbocycles. The lowest BCUT2D eigenvalue weighted by Crippen LogP contribution is -2.51. The van der Waals surface area contributed by atoms with Crippen LogP contribution >= 0.6 is 0 Å². The molecule has 0 radical (unpaired) electrons. The van der Waals surface area contributed by atoms with Crippen LogP contribution < -0.4 is 11.1 Å². The first kappa shape index (κ1) is 11.9. The lowest BCUT2D eigenvalue weighted by Gasteiger charge is -2.28. The minimum absolute atomic E-state index is 0.0622. The number of hydrogen-bond acceptors (Lipinski definition) is 4. The second kappa shape index (κ2) is 4.71. The number of nitrogens with one attached hydrogen (secondary N) is 1. The first-order chi connectivity index (χ1) is 8.17. The van der Waals surface area contributed by atoms with Crippen LogP contribution in [0.3, 0.4) is 0 Å². The van der Waals surface area contributed by atoms with E-state index in [4.69, 9.17) is 5.73 Å².